The molecule has 6 heteroatoms. The number of hydrogen-bond donors (Lipinski definition) is 1. The molecule has 0 saturated carbocycles. The second kappa shape index (κ2) is 5.57. The third-order valence-corrected chi connectivity index (χ3v) is 2.97. The van der Waals surface area contributed by atoms with Gasteiger partial charge in [0.1, 0.15) is 5.82 Å². The van der Waals surface area contributed by atoms with Gasteiger partial charge in [0, 0.05) is 32.0 Å². The number of aromatic nitrogens is 3. The van der Waals surface area contributed by atoms with Gasteiger partial charge in [0.2, 0.25) is 0 Å². The van der Waals surface area contributed by atoms with Crippen molar-refractivity contribution in [3.63, 3.8) is 0 Å². The lowest BCUT2D eigenvalue weighted by Gasteiger charge is -2.27. The summed E-state index contributed by atoms with van der Waals surface area (Å²) in [5, 5.41) is 11.8. The molecule has 2 aromatic heterocycles. The molecule has 19 heavy (non-hydrogen) atoms. The van der Waals surface area contributed by atoms with Crippen molar-refractivity contribution in [3.8, 4) is 6.07 Å². The van der Waals surface area contributed by atoms with E-state index in [9.17, 15) is 0 Å². The van der Waals surface area contributed by atoms with E-state index in [0.717, 1.165) is 17.3 Å². The fourth-order valence-corrected chi connectivity index (χ4v) is 2.01. The molecule has 2 heterocycles. The Labute approximate surface area is 112 Å². The summed E-state index contributed by atoms with van der Waals surface area (Å²) >= 11 is 0. The minimum Gasteiger partial charge on any atom is -0.372 e. The van der Waals surface area contributed by atoms with Crippen molar-refractivity contribution < 1.29 is 0 Å². The molecule has 2 rings (SSSR count). The van der Waals surface area contributed by atoms with Crippen molar-refractivity contribution in [1.82, 2.24) is 14.4 Å². The van der Waals surface area contributed by atoms with E-state index < -0.39 is 0 Å². The van der Waals surface area contributed by atoms with Crippen molar-refractivity contribution in [1.29, 1.82) is 5.26 Å². The van der Waals surface area contributed by atoms with Crippen molar-refractivity contribution in [3.05, 3.63) is 18.6 Å². The molecule has 0 aliphatic heterocycles. The number of hydrogen-bond acceptors (Lipinski definition) is 5. The first kappa shape index (κ1) is 13.1. The Morgan fingerprint density at radius 2 is 2.32 bits per heavy atom. The van der Waals surface area contributed by atoms with Gasteiger partial charge in [-0.2, -0.15) is 5.26 Å². The molecule has 0 bridgehead atoms. The van der Waals surface area contributed by atoms with Crippen LogP contribution in [0.3, 0.4) is 0 Å². The summed E-state index contributed by atoms with van der Waals surface area (Å²) in [4.78, 5) is 11.0. The zero-order chi connectivity index (χ0) is 13.8. The molecule has 0 aromatic carbocycles. The highest BCUT2D eigenvalue weighted by Crippen LogP contribution is 2.22. The van der Waals surface area contributed by atoms with Gasteiger partial charge in [-0.15, -0.1) is 0 Å². The molecule has 0 aliphatic carbocycles. The lowest BCUT2D eigenvalue weighted by atomic mass is 10.3. The molecule has 1 N–H and O–H groups in total. The van der Waals surface area contributed by atoms with Gasteiger partial charge < -0.3 is 14.6 Å². The normalized spacial score (nSPS) is 10.7. The molecule has 2 aromatic rings. The molecule has 0 radical (unpaired) electrons. The molecule has 0 unspecified atom stereocenters. The van der Waals surface area contributed by atoms with Crippen LogP contribution in [0.4, 0.5) is 11.6 Å². The first-order chi connectivity index (χ1) is 9.17. The molecule has 0 fully saturated rings. The van der Waals surface area contributed by atoms with Gasteiger partial charge in [0.15, 0.2) is 11.5 Å². The number of nitrogens with one attached hydrogen (secondary N) is 1. The maximum Gasteiger partial charge on any atom is 0.180 e. The summed E-state index contributed by atoms with van der Waals surface area (Å²) in [6, 6.07) is 2.44. The van der Waals surface area contributed by atoms with Gasteiger partial charge in [-0.1, -0.05) is 0 Å². The van der Waals surface area contributed by atoms with Gasteiger partial charge in [0.05, 0.1) is 18.7 Å². The van der Waals surface area contributed by atoms with Crippen molar-refractivity contribution >= 4 is 17.3 Å². The molecular formula is C13H18N6. The summed E-state index contributed by atoms with van der Waals surface area (Å²) < 4.78 is 1.94. The summed E-state index contributed by atoms with van der Waals surface area (Å²) in [6.07, 6.45) is 6.01. The van der Waals surface area contributed by atoms with Crippen LogP contribution in [0, 0.1) is 11.3 Å². The standard InChI is InChI=1S/C13H18N6/c1-10(2)19(7-4-5-14)13-12-16-6-8-18(12)9-11(15-3)17-13/h6,8-10,15H,4,7H2,1-3H3. The van der Waals surface area contributed by atoms with Crippen molar-refractivity contribution in [2.45, 2.75) is 26.3 Å². The molecular weight excluding hydrogens is 240 g/mol. The van der Waals surface area contributed by atoms with Crippen LogP contribution in [0.1, 0.15) is 20.3 Å². The fourth-order valence-electron chi connectivity index (χ4n) is 2.01. The van der Waals surface area contributed by atoms with E-state index >= 15 is 0 Å². The molecule has 0 spiro atoms. The minimum atomic E-state index is 0.258. The second-order valence-corrected chi connectivity index (χ2v) is 4.55. The van der Waals surface area contributed by atoms with E-state index in [4.69, 9.17) is 5.26 Å². The van der Waals surface area contributed by atoms with Crippen LogP contribution >= 0.6 is 0 Å². The van der Waals surface area contributed by atoms with Crippen LogP contribution in [0.15, 0.2) is 18.6 Å². The Hall–Kier alpha value is -2.29. The Balaban J connectivity index is 2.51. The van der Waals surface area contributed by atoms with Crippen LogP contribution < -0.4 is 10.2 Å². The number of anilines is 2. The first-order valence-electron chi connectivity index (χ1n) is 6.32. The number of fused-ring (bicyclic) bond motifs is 1. The molecule has 6 nitrogen and oxygen atoms in total. The topological polar surface area (TPSA) is 69.2 Å². The number of nitrogens with zero attached hydrogens (tertiary/aromatic N) is 5. The van der Waals surface area contributed by atoms with Crippen LogP contribution in [0.25, 0.3) is 5.65 Å². The third-order valence-electron chi connectivity index (χ3n) is 2.97. The van der Waals surface area contributed by atoms with E-state index in [0.29, 0.717) is 13.0 Å². The highest BCUT2D eigenvalue weighted by atomic mass is 15.3. The van der Waals surface area contributed by atoms with Crippen molar-refractivity contribution in [2.75, 3.05) is 23.8 Å². The maximum atomic E-state index is 8.79. The summed E-state index contributed by atoms with van der Waals surface area (Å²) in [5.74, 6) is 1.59. The quantitative estimate of drug-likeness (QED) is 0.887. The predicted molar refractivity (Wildman–Crippen MR) is 75.2 cm³/mol. The Morgan fingerprint density at radius 1 is 1.53 bits per heavy atom. The van der Waals surface area contributed by atoms with Crippen LogP contribution in [0.5, 0.6) is 0 Å². The lowest BCUT2D eigenvalue weighted by Crippen LogP contribution is -2.33. The number of nitriles is 1. The summed E-state index contributed by atoms with van der Waals surface area (Å²) in [5.41, 5.74) is 0.811. The summed E-state index contributed by atoms with van der Waals surface area (Å²) in [6.45, 7) is 4.83. The van der Waals surface area contributed by atoms with Gasteiger partial charge >= 0.3 is 0 Å². The minimum absolute atomic E-state index is 0.258. The monoisotopic (exact) mass is 258 g/mol. The largest absolute Gasteiger partial charge is 0.372 e. The van der Waals surface area contributed by atoms with E-state index in [1.54, 1.807) is 6.20 Å². The van der Waals surface area contributed by atoms with Gasteiger partial charge in [0.25, 0.3) is 0 Å². The molecule has 0 atom stereocenters. The van der Waals surface area contributed by atoms with Crippen LogP contribution in [0.2, 0.25) is 0 Å². The average molecular weight is 258 g/mol. The van der Waals surface area contributed by atoms with Crippen molar-refractivity contribution in [2.24, 2.45) is 0 Å². The molecule has 0 saturated heterocycles. The average Bonchev–Trinajstić information content (AvgIpc) is 2.86. The highest BCUT2D eigenvalue weighted by Gasteiger charge is 2.17. The van der Waals surface area contributed by atoms with E-state index in [1.165, 1.54) is 0 Å². The molecule has 100 valence electrons. The Bertz CT molecular complexity index is 595. The lowest BCUT2D eigenvalue weighted by molar-refractivity contribution is 0.677. The highest BCUT2D eigenvalue weighted by molar-refractivity contribution is 5.67. The van der Waals surface area contributed by atoms with E-state index in [2.05, 4.69) is 40.1 Å². The number of rotatable bonds is 5. The Morgan fingerprint density at radius 3 is 2.95 bits per heavy atom. The second-order valence-electron chi connectivity index (χ2n) is 4.55. The smallest absolute Gasteiger partial charge is 0.180 e. The molecule has 0 aliphatic rings. The zero-order valence-electron chi connectivity index (χ0n) is 11.5. The van der Waals surface area contributed by atoms with Crippen LogP contribution in [-0.4, -0.2) is 34.0 Å². The number of imidazole rings is 1. The third kappa shape index (κ3) is 2.60. The molecule has 0 amide bonds. The predicted octanol–water partition coefficient (Wildman–Crippen LogP) is 1.90. The SMILES string of the molecule is CNc1cn2ccnc2c(N(CCC#N)C(C)C)n1. The maximum absolute atomic E-state index is 8.79. The first-order valence-corrected chi connectivity index (χ1v) is 6.32. The summed E-state index contributed by atoms with van der Waals surface area (Å²) in [7, 11) is 1.84. The zero-order valence-corrected chi connectivity index (χ0v) is 11.5. The van der Waals surface area contributed by atoms with E-state index in [1.807, 2.05) is 23.8 Å². The van der Waals surface area contributed by atoms with E-state index in [-0.39, 0.29) is 6.04 Å². The van der Waals surface area contributed by atoms with Gasteiger partial charge in [-0.25, -0.2) is 9.97 Å². The van der Waals surface area contributed by atoms with Crippen LogP contribution in [-0.2, 0) is 0 Å². The Kier molecular flexibility index (Phi) is 3.85. The van der Waals surface area contributed by atoms with Gasteiger partial charge in [-0.05, 0) is 13.8 Å². The fraction of sp³-hybridized carbons (Fsp3) is 0.462. The van der Waals surface area contributed by atoms with Gasteiger partial charge in [-0.3, -0.25) is 0 Å².